The van der Waals surface area contributed by atoms with Gasteiger partial charge in [0, 0.05) is 28.2 Å². The number of amides is 1. The fourth-order valence-electron chi connectivity index (χ4n) is 2.98. The van der Waals surface area contributed by atoms with Crippen molar-refractivity contribution in [3.63, 3.8) is 0 Å². The van der Waals surface area contributed by atoms with E-state index in [1.54, 1.807) is 22.7 Å². The van der Waals surface area contributed by atoms with Gasteiger partial charge in [-0.15, -0.1) is 0 Å². The van der Waals surface area contributed by atoms with Crippen LogP contribution in [0, 0.1) is 6.92 Å². The van der Waals surface area contributed by atoms with Crippen LogP contribution >= 0.6 is 11.6 Å². The van der Waals surface area contributed by atoms with Gasteiger partial charge >= 0.3 is 6.09 Å². The molecule has 31 heavy (non-hydrogen) atoms. The number of nitrogens with zero attached hydrogens (tertiary/aromatic N) is 3. The number of hydrogen-bond acceptors (Lipinski definition) is 6. The number of ether oxygens (including phenoxy) is 1. The van der Waals surface area contributed by atoms with E-state index in [1.807, 2.05) is 25.1 Å². The van der Waals surface area contributed by atoms with Gasteiger partial charge in [0.1, 0.15) is 0 Å². The molecule has 0 saturated heterocycles. The highest BCUT2D eigenvalue weighted by molar-refractivity contribution is 7.90. The highest BCUT2D eigenvalue weighted by atomic mass is 35.5. The molecule has 1 amide bonds. The van der Waals surface area contributed by atoms with Crippen LogP contribution in [0.3, 0.4) is 0 Å². The monoisotopic (exact) mass is 456 g/mol. The van der Waals surface area contributed by atoms with E-state index in [0.717, 1.165) is 17.5 Å². The summed E-state index contributed by atoms with van der Waals surface area (Å²) in [5, 5.41) is 7.36. The van der Waals surface area contributed by atoms with Gasteiger partial charge in [-0.3, -0.25) is 5.32 Å². The lowest BCUT2D eigenvalue weighted by atomic mass is 10.1. The third-order valence-corrected chi connectivity index (χ3v) is 5.83. The normalized spacial score (nSPS) is 11.5. The molecule has 0 aliphatic heterocycles. The summed E-state index contributed by atoms with van der Waals surface area (Å²) in [5.41, 5.74) is 2.98. The molecule has 10 heteroatoms. The van der Waals surface area contributed by atoms with Crippen molar-refractivity contribution in [1.82, 2.24) is 14.6 Å². The van der Waals surface area contributed by atoms with Gasteiger partial charge in [-0.1, -0.05) is 29.8 Å². The van der Waals surface area contributed by atoms with Crippen molar-refractivity contribution >= 4 is 38.9 Å². The van der Waals surface area contributed by atoms with E-state index in [4.69, 9.17) is 16.3 Å². The van der Waals surface area contributed by atoms with Crippen molar-refractivity contribution in [1.29, 1.82) is 0 Å². The van der Waals surface area contributed by atoms with Crippen LogP contribution in [0.2, 0.25) is 5.02 Å². The maximum absolute atomic E-state index is 12.4. The molecule has 0 saturated carbocycles. The number of nitrogens with one attached hydrogen (secondary N) is 1. The van der Waals surface area contributed by atoms with Gasteiger partial charge in [0.2, 0.25) is 0 Å². The highest BCUT2D eigenvalue weighted by Gasteiger charge is 2.16. The Bertz CT molecular complexity index is 1400. The second kappa shape index (κ2) is 8.01. The van der Waals surface area contributed by atoms with E-state index in [2.05, 4.69) is 15.4 Å². The zero-order valence-corrected chi connectivity index (χ0v) is 18.1. The first-order chi connectivity index (χ1) is 14.7. The van der Waals surface area contributed by atoms with Crippen LogP contribution in [0.25, 0.3) is 16.9 Å². The molecule has 0 unspecified atom stereocenters. The van der Waals surface area contributed by atoms with Gasteiger partial charge < -0.3 is 4.74 Å². The zero-order chi connectivity index (χ0) is 22.2. The van der Waals surface area contributed by atoms with Crippen LogP contribution in [-0.4, -0.2) is 35.4 Å². The van der Waals surface area contributed by atoms with Gasteiger partial charge in [0.25, 0.3) is 0 Å². The summed E-state index contributed by atoms with van der Waals surface area (Å²) in [7, 11) is -3.40. The minimum Gasteiger partial charge on any atom is -0.404 e. The topological polar surface area (TPSA) is 103 Å². The third kappa shape index (κ3) is 4.52. The van der Waals surface area contributed by atoms with Crippen molar-refractivity contribution in [2.45, 2.75) is 11.8 Å². The molecule has 2 aromatic carbocycles. The minimum atomic E-state index is -3.40. The summed E-state index contributed by atoms with van der Waals surface area (Å²) in [4.78, 5) is 17.1. The Morgan fingerprint density at radius 1 is 1.13 bits per heavy atom. The lowest BCUT2D eigenvalue weighted by Crippen LogP contribution is -2.17. The molecule has 0 fully saturated rings. The van der Waals surface area contributed by atoms with Gasteiger partial charge in [-0.25, -0.2) is 22.7 Å². The molecule has 1 N–H and O–H groups in total. The first-order valence-electron chi connectivity index (χ1n) is 9.11. The summed E-state index contributed by atoms with van der Waals surface area (Å²) < 4.78 is 30.4. The number of carbonyl (C=O) groups excluding carboxylic acids is 1. The Balaban J connectivity index is 1.61. The SMILES string of the molecule is Cc1cc(-c2ccc(Cl)cc2)nc2c(OC(=O)Nc3cccc(S(C)(=O)=O)c3)cnn12. The fourth-order valence-corrected chi connectivity index (χ4v) is 3.77. The number of aromatic nitrogens is 3. The quantitative estimate of drug-likeness (QED) is 0.489. The number of rotatable bonds is 4. The van der Waals surface area contributed by atoms with Crippen molar-refractivity contribution in [2.24, 2.45) is 0 Å². The summed E-state index contributed by atoms with van der Waals surface area (Å²) in [5.74, 6) is 0.163. The van der Waals surface area contributed by atoms with Crippen LogP contribution in [0.5, 0.6) is 5.75 Å². The number of sulfone groups is 1. The first kappa shape index (κ1) is 20.8. The average Bonchev–Trinajstić information content (AvgIpc) is 3.11. The van der Waals surface area contributed by atoms with Crippen LogP contribution in [0.4, 0.5) is 10.5 Å². The molecular formula is C21H17ClN4O4S. The Morgan fingerprint density at radius 2 is 1.87 bits per heavy atom. The lowest BCUT2D eigenvalue weighted by molar-refractivity contribution is 0.215. The predicted molar refractivity (Wildman–Crippen MR) is 117 cm³/mol. The van der Waals surface area contributed by atoms with Gasteiger partial charge in [-0.2, -0.15) is 5.10 Å². The maximum Gasteiger partial charge on any atom is 0.417 e. The summed E-state index contributed by atoms with van der Waals surface area (Å²) >= 11 is 5.96. The number of anilines is 1. The van der Waals surface area contributed by atoms with Crippen molar-refractivity contribution < 1.29 is 17.9 Å². The van der Waals surface area contributed by atoms with Crippen LogP contribution < -0.4 is 10.1 Å². The van der Waals surface area contributed by atoms with Crippen molar-refractivity contribution in [3.05, 3.63) is 71.5 Å². The van der Waals surface area contributed by atoms with E-state index in [0.29, 0.717) is 16.4 Å². The molecule has 4 rings (SSSR count). The Labute approximate surface area is 183 Å². The Morgan fingerprint density at radius 3 is 2.58 bits per heavy atom. The molecule has 8 nitrogen and oxygen atoms in total. The molecule has 0 radical (unpaired) electrons. The predicted octanol–water partition coefficient (Wildman–Crippen LogP) is 4.37. The summed E-state index contributed by atoms with van der Waals surface area (Å²) in [6.45, 7) is 1.86. The second-order valence-corrected chi connectivity index (χ2v) is 9.30. The van der Waals surface area contributed by atoms with Gasteiger partial charge in [0.05, 0.1) is 16.8 Å². The number of benzene rings is 2. The number of carbonyl (C=O) groups is 1. The standard InChI is InChI=1S/C21H17ClN4O4S/c1-13-10-18(14-6-8-15(22)9-7-14)25-20-19(12-23-26(13)20)30-21(27)24-16-4-3-5-17(11-16)31(2,28)29/h3-12H,1-2H3,(H,24,27). The van der Waals surface area contributed by atoms with Crippen LogP contribution in [0.15, 0.2) is 65.7 Å². The van der Waals surface area contributed by atoms with E-state index in [9.17, 15) is 13.2 Å². The Kier molecular flexibility index (Phi) is 5.38. The second-order valence-electron chi connectivity index (χ2n) is 6.85. The van der Waals surface area contributed by atoms with E-state index < -0.39 is 15.9 Å². The average molecular weight is 457 g/mol. The number of halogens is 1. The summed E-state index contributed by atoms with van der Waals surface area (Å²) in [6.07, 6.45) is 1.69. The molecule has 0 bridgehead atoms. The van der Waals surface area contributed by atoms with Crippen molar-refractivity contribution in [2.75, 3.05) is 11.6 Å². The van der Waals surface area contributed by atoms with Crippen LogP contribution in [-0.2, 0) is 9.84 Å². The molecule has 0 atom stereocenters. The molecule has 0 spiro atoms. The lowest BCUT2D eigenvalue weighted by Gasteiger charge is -2.08. The molecule has 158 valence electrons. The molecule has 4 aromatic rings. The third-order valence-electron chi connectivity index (χ3n) is 4.47. The highest BCUT2D eigenvalue weighted by Crippen LogP contribution is 2.26. The van der Waals surface area contributed by atoms with Crippen LogP contribution in [0.1, 0.15) is 5.69 Å². The molecule has 2 heterocycles. The summed E-state index contributed by atoms with van der Waals surface area (Å²) in [6, 6.07) is 15.0. The fraction of sp³-hybridized carbons (Fsp3) is 0.0952. The molecule has 2 aromatic heterocycles. The largest absolute Gasteiger partial charge is 0.417 e. The molecule has 0 aliphatic rings. The number of aryl methyl sites for hydroxylation is 1. The smallest absolute Gasteiger partial charge is 0.404 e. The number of hydrogen-bond donors (Lipinski definition) is 1. The van der Waals surface area contributed by atoms with Crippen molar-refractivity contribution in [3.8, 4) is 17.0 Å². The molecule has 0 aliphatic carbocycles. The molecular weight excluding hydrogens is 440 g/mol. The number of fused-ring (bicyclic) bond motifs is 1. The first-order valence-corrected chi connectivity index (χ1v) is 11.4. The van der Waals surface area contributed by atoms with Gasteiger partial charge in [-0.05, 0) is 43.3 Å². The van der Waals surface area contributed by atoms with E-state index in [-0.39, 0.29) is 16.3 Å². The minimum absolute atomic E-state index is 0.0891. The Hall–Kier alpha value is -3.43. The maximum atomic E-state index is 12.4. The van der Waals surface area contributed by atoms with Gasteiger partial charge in [0.15, 0.2) is 21.2 Å². The van der Waals surface area contributed by atoms with E-state index in [1.165, 1.54) is 24.4 Å². The zero-order valence-electron chi connectivity index (χ0n) is 16.5. The van der Waals surface area contributed by atoms with E-state index >= 15 is 0 Å².